The van der Waals surface area contributed by atoms with E-state index in [1.54, 1.807) is 38.1 Å². The monoisotopic (exact) mass is 292 g/mol. The van der Waals surface area contributed by atoms with Crippen LogP contribution in [-0.4, -0.2) is 30.9 Å². The Balaban J connectivity index is 2.74. The Morgan fingerprint density at radius 3 is 2.38 bits per heavy atom. The first kappa shape index (κ1) is 16.7. The van der Waals surface area contributed by atoms with Gasteiger partial charge in [-0.05, 0) is 25.0 Å². The van der Waals surface area contributed by atoms with Gasteiger partial charge in [-0.2, -0.15) is 0 Å². The maximum Gasteiger partial charge on any atom is 0.328 e. The van der Waals surface area contributed by atoms with Crippen LogP contribution in [0, 0.1) is 5.92 Å². The fourth-order valence-corrected chi connectivity index (χ4v) is 1.75. The number of benzene rings is 1. The van der Waals surface area contributed by atoms with E-state index in [9.17, 15) is 14.4 Å². The number of hydrogen-bond donors (Lipinski definition) is 2. The molecular weight excluding hydrogens is 272 g/mol. The second-order valence-corrected chi connectivity index (χ2v) is 4.98. The van der Waals surface area contributed by atoms with Crippen LogP contribution >= 0.6 is 0 Å². The Labute approximate surface area is 123 Å². The second-order valence-electron chi connectivity index (χ2n) is 4.98. The van der Waals surface area contributed by atoms with E-state index in [0.29, 0.717) is 11.3 Å². The Morgan fingerprint density at radius 2 is 1.86 bits per heavy atom. The zero-order valence-electron chi connectivity index (χ0n) is 12.6. The second kappa shape index (κ2) is 7.42. The summed E-state index contributed by atoms with van der Waals surface area (Å²) in [4.78, 5) is 34.8. The first-order chi connectivity index (χ1) is 9.85. The van der Waals surface area contributed by atoms with Gasteiger partial charge in [0, 0.05) is 11.3 Å². The van der Waals surface area contributed by atoms with Gasteiger partial charge in [-0.1, -0.05) is 26.0 Å². The summed E-state index contributed by atoms with van der Waals surface area (Å²) in [5.41, 5.74) is 0.980. The summed E-state index contributed by atoms with van der Waals surface area (Å²) in [6.45, 7) is 5.06. The number of ketones is 1. The molecule has 6 heteroatoms. The maximum absolute atomic E-state index is 11.9. The van der Waals surface area contributed by atoms with Gasteiger partial charge in [0.25, 0.3) is 0 Å². The fourth-order valence-electron chi connectivity index (χ4n) is 1.75. The van der Waals surface area contributed by atoms with Crippen LogP contribution in [0.25, 0.3) is 0 Å². The van der Waals surface area contributed by atoms with Crippen molar-refractivity contribution in [3.8, 4) is 0 Å². The largest absolute Gasteiger partial charge is 0.467 e. The minimum atomic E-state index is -0.731. The predicted octanol–water partition coefficient (Wildman–Crippen LogP) is 2.21. The predicted molar refractivity (Wildman–Crippen MR) is 79.2 cm³/mol. The molecule has 0 radical (unpaired) electrons. The highest BCUT2D eigenvalue weighted by atomic mass is 16.5. The van der Waals surface area contributed by atoms with Gasteiger partial charge < -0.3 is 15.4 Å². The number of Topliss-reactive ketones (excluding diaryl/α,β-unsaturated/α-hetero) is 1. The third kappa shape index (κ3) is 4.91. The molecule has 114 valence electrons. The number of hydrogen-bond acceptors (Lipinski definition) is 4. The van der Waals surface area contributed by atoms with Crippen LogP contribution in [-0.2, 0) is 9.53 Å². The van der Waals surface area contributed by atoms with Crippen molar-refractivity contribution in [3.05, 3.63) is 29.8 Å². The molecule has 1 unspecified atom stereocenters. The molecule has 0 spiro atoms. The molecular formula is C15H20N2O4. The van der Waals surface area contributed by atoms with Crippen molar-refractivity contribution in [2.45, 2.75) is 26.8 Å². The molecule has 1 atom stereocenters. The lowest BCUT2D eigenvalue weighted by atomic mass is 10.1. The van der Waals surface area contributed by atoms with Gasteiger partial charge >= 0.3 is 12.0 Å². The highest BCUT2D eigenvalue weighted by Gasteiger charge is 2.24. The number of nitrogens with one attached hydrogen (secondary N) is 2. The molecule has 0 saturated carbocycles. The number of rotatable bonds is 5. The Kier molecular flexibility index (Phi) is 5.90. The summed E-state index contributed by atoms with van der Waals surface area (Å²) in [6.07, 6.45) is 0. The third-order valence-corrected chi connectivity index (χ3v) is 2.94. The van der Waals surface area contributed by atoms with E-state index in [1.807, 2.05) is 0 Å². The summed E-state index contributed by atoms with van der Waals surface area (Å²) in [7, 11) is 1.27. The van der Waals surface area contributed by atoms with E-state index in [4.69, 9.17) is 0 Å². The number of urea groups is 1. The van der Waals surface area contributed by atoms with Gasteiger partial charge in [-0.15, -0.1) is 0 Å². The quantitative estimate of drug-likeness (QED) is 0.643. The van der Waals surface area contributed by atoms with Gasteiger partial charge in [0.2, 0.25) is 0 Å². The molecule has 0 heterocycles. The number of anilines is 1. The topological polar surface area (TPSA) is 84.5 Å². The van der Waals surface area contributed by atoms with Crippen LogP contribution in [0.15, 0.2) is 24.3 Å². The molecule has 0 aromatic heterocycles. The molecule has 0 aliphatic carbocycles. The number of ether oxygens (including phenoxy) is 1. The highest BCUT2D eigenvalue weighted by molar-refractivity contribution is 5.97. The zero-order chi connectivity index (χ0) is 16.0. The van der Waals surface area contributed by atoms with E-state index in [1.165, 1.54) is 14.0 Å². The number of methoxy groups -OCH3 is 1. The molecule has 2 N–H and O–H groups in total. The lowest BCUT2D eigenvalue weighted by molar-refractivity contribution is -0.143. The Hall–Kier alpha value is -2.37. The number of carbonyl (C=O) groups excluding carboxylic acids is 3. The van der Waals surface area contributed by atoms with E-state index in [0.717, 1.165) is 0 Å². The van der Waals surface area contributed by atoms with Gasteiger partial charge in [0.1, 0.15) is 6.04 Å². The smallest absolute Gasteiger partial charge is 0.328 e. The maximum atomic E-state index is 11.9. The minimum absolute atomic E-state index is 0.0892. The van der Waals surface area contributed by atoms with Crippen LogP contribution in [0.1, 0.15) is 31.1 Å². The van der Waals surface area contributed by atoms with Crippen LogP contribution in [0.4, 0.5) is 10.5 Å². The summed E-state index contributed by atoms with van der Waals surface area (Å²) >= 11 is 0. The lowest BCUT2D eigenvalue weighted by Crippen LogP contribution is -2.46. The first-order valence-electron chi connectivity index (χ1n) is 6.61. The van der Waals surface area contributed by atoms with Crippen LogP contribution < -0.4 is 10.6 Å². The van der Waals surface area contributed by atoms with Crippen LogP contribution in [0.3, 0.4) is 0 Å². The summed E-state index contributed by atoms with van der Waals surface area (Å²) in [6, 6.07) is 5.31. The molecule has 0 saturated heterocycles. The van der Waals surface area contributed by atoms with Gasteiger partial charge in [-0.25, -0.2) is 9.59 Å². The first-order valence-corrected chi connectivity index (χ1v) is 6.61. The summed E-state index contributed by atoms with van der Waals surface area (Å²) < 4.78 is 4.65. The van der Waals surface area contributed by atoms with E-state index in [-0.39, 0.29) is 11.7 Å². The molecule has 0 aliphatic rings. The molecule has 1 aromatic carbocycles. The lowest BCUT2D eigenvalue weighted by Gasteiger charge is -2.20. The van der Waals surface area contributed by atoms with Crippen molar-refractivity contribution >= 4 is 23.5 Å². The highest BCUT2D eigenvalue weighted by Crippen LogP contribution is 2.11. The molecule has 0 fully saturated rings. The molecule has 1 rings (SSSR count). The van der Waals surface area contributed by atoms with Crippen molar-refractivity contribution in [3.63, 3.8) is 0 Å². The number of amides is 2. The Morgan fingerprint density at radius 1 is 1.19 bits per heavy atom. The van der Waals surface area contributed by atoms with Crippen LogP contribution in [0.2, 0.25) is 0 Å². The molecule has 21 heavy (non-hydrogen) atoms. The standard InChI is InChI=1S/C15H20N2O4/c1-9(2)13(14(19)21-4)17-15(20)16-12-7-5-6-11(8-12)10(3)18/h5-9,13H,1-4H3,(H2,16,17,20). The number of carbonyl (C=O) groups is 3. The fraction of sp³-hybridized carbons (Fsp3) is 0.400. The minimum Gasteiger partial charge on any atom is -0.467 e. The SMILES string of the molecule is COC(=O)C(NC(=O)Nc1cccc(C(C)=O)c1)C(C)C. The van der Waals surface area contributed by atoms with Gasteiger partial charge in [-0.3, -0.25) is 4.79 Å². The van der Waals surface area contributed by atoms with Crippen LogP contribution in [0.5, 0.6) is 0 Å². The van der Waals surface area contributed by atoms with Gasteiger partial charge in [0.15, 0.2) is 5.78 Å². The summed E-state index contributed by atoms with van der Waals surface area (Å²) in [5, 5.41) is 5.15. The molecule has 0 bridgehead atoms. The Bertz CT molecular complexity index is 540. The van der Waals surface area contributed by atoms with Crippen molar-refractivity contribution in [1.82, 2.24) is 5.32 Å². The van der Waals surface area contributed by atoms with Crippen molar-refractivity contribution in [2.24, 2.45) is 5.92 Å². The van der Waals surface area contributed by atoms with E-state index < -0.39 is 18.0 Å². The molecule has 6 nitrogen and oxygen atoms in total. The van der Waals surface area contributed by atoms with Crippen molar-refractivity contribution < 1.29 is 19.1 Å². The third-order valence-electron chi connectivity index (χ3n) is 2.94. The number of esters is 1. The zero-order valence-corrected chi connectivity index (χ0v) is 12.6. The molecule has 1 aromatic rings. The van der Waals surface area contributed by atoms with Gasteiger partial charge in [0.05, 0.1) is 7.11 Å². The molecule has 2 amide bonds. The average Bonchev–Trinajstić information content (AvgIpc) is 2.43. The normalized spacial score (nSPS) is 11.7. The van der Waals surface area contributed by atoms with E-state index >= 15 is 0 Å². The van der Waals surface area contributed by atoms with Crippen molar-refractivity contribution in [2.75, 3.05) is 12.4 Å². The van der Waals surface area contributed by atoms with Crippen molar-refractivity contribution in [1.29, 1.82) is 0 Å². The summed E-state index contributed by atoms with van der Waals surface area (Å²) in [5.74, 6) is -0.696. The average molecular weight is 292 g/mol. The molecule has 0 aliphatic heterocycles. The van der Waals surface area contributed by atoms with E-state index in [2.05, 4.69) is 15.4 Å².